The zero-order valence-corrected chi connectivity index (χ0v) is 18.4. The Morgan fingerprint density at radius 2 is 1.97 bits per heavy atom. The van der Waals surface area contributed by atoms with E-state index in [1.807, 2.05) is 6.07 Å². The minimum absolute atomic E-state index is 0.265. The SMILES string of the molecule is N#CCCSc1nnc(-c2cccc(S(=O)(=O)N3CCOCC3)c2)n1C1CCCC1. The number of hydrogen-bond donors (Lipinski definition) is 0. The Balaban J connectivity index is 1.68. The minimum Gasteiger partial charge on any atom is -0.379 e. The molecule has 1 aromatic carbocycles. The monoisotopic (exact) mass is 447 g/mol. The van der Waals surface area contributed by atoms with Crippen LogP contribution in [0.2, 0.25) is 0 Å². The summed E-state index contributed by atoms with van der Waals surface area (Å²) < 4.78 is 35.1. The average molecular weight is 448 g/mol. The van der Waals surface area contributed by atoms with Crippen LogP contribution in [0.4, 0.5) is 0 Å². The molecule has 0 radical (unpaired) electrons. The Kier molecular flexibility index (Phi) is 6.73. The Morgan fingerprint density at radius 3 is 2.70 bits per heavy atom. The number of rotatable bonds is 7. The lowest BCUT2D eigenvalue weighted by atomic mass is 10.2. The molecule has 2 aliphatic rings. The van der Waals surface area contributed by atoms with Crippen LogP contribution in [-0.2, 0) is 14.8 Å². The molecule has 30 heavy (non-hydrogen) atoms. The number of aromatic nitrogens is 3. The average Bonchev–Trinajstić information content (AvgIpc) is 3.44. The van der Waals surface area contributed by atoms with Crippen LogP contribution in [0.15, 0.2) is 34.3 Å². The Bertz CT molecular complexity index is 1020. The molecule has 160 valence electrons. The van der Waals surface area contributed by atoms with Crippen LogP contribution < -0.4 is 0 Å². The lowest BCUT2D eigenvalue weighted by Crippen LogP contribution is -2.40. The summed E-state index contributed by atoms with van der Waals surface area (Å²) in [6.45, 7) is 1.56. The third kappa shape index (κ3) is 4.39. The Labute approximate surface area is 181 Å². The van der Waals surface area contributed by atoms with Crippen molar-refractivity contribution in [2.24, 2.45) is 0 Å². The third-order valence-electron chi connectivity index (χ3n) is 5.50. The highest BCUT2D eigenvalue weighted by molar-refractivity contribution is 7.99. The topological polar surface area (TPSA) is 101 Å². The van der Waals surface area contributed by atoms with E-state index in [1.165, 1.54) is 16.1 Å². The number of morpholine rings is 1. The first-order valence-corrected chi connectivity index (χ1v) is 12.7. The van der Waals surface area contributed by atoms with Crippen molar-refractivity contribution in [2.75, 3.05) is 32.1 Å². The normalized spacial score (nSPS) is 18.5. The van der Waals surface area contributed by atoms with Gasteiger partial charge in [0.25, 0.3) is 0 Å². The standard InChI is InChI=1S/C20H25N5O3S2/c21-9-4-14-29-20-23-22-19(25(20)17-6-1-2-7-17)16-5-3-8-18(15-16)30(26,27)24-10-12-28-13-11-24/h3,5,8,15,17H,1-2,4,6-7,10-14H2. The van der Waals surface area contributed by atoms with E-state index in [1.54, 1.807) is 18.2 Å². The quantitative estimate of drug-likeness (QED) is 0.475. The van der Waals surface area contributed by atoms with E-state index in [2.05, 4.69) is 20.8 Å². The van der Waals surface area contributed by atoms with Gasteiger partial charge in [-0.2, -0.15) is 9.57 Å². The van der Waals surface area contributed by atoms with Gasteiger partial charge in [0.05, 0.1) is 24.2 Å². The van der Waals surface area contributed by atoms with Crippen molar-refractivity contribution < 1.29 is 13.2 Å². The molecule has 0 spiro atoms. The van der Waals surface area contributed by atoms with E-state index in [9.17, 15) is 8.42 Å². The second-order valence-electron chi connectivity index (χ2n) is 7.42. The molecule has 2 fully saturated rings. The molecule has 1 aliphatic heterocycles. The second kappa shape index (κ2) is 9.47. The van der Waals surface area contributed by atoms with Gasteiger partial charge in [0.15, 0.2) is 11.0 Å². The van der Waals surface area contributed by atoms with Crippen LogP contribution in [0, 0.1) is 11.3 Å². The van der Waals surface area contributed by atoms with Crippen molar-refractivity contribution in [3.8, 4) is 17.5 Å². The second-order valence-corrected chi connectivity index (χ2v) is 10.4. The maximum Gasteiger partial charge on any atom is 0.243 e. The molecule has 2 aromatic rings. The van der Waals surface area contributed by atoms with Gasteiger partial charge in [-0.15, -0.1) is 10.2 Å². The number of benzene rings is 1. The summed E-state index contributed by atoms with van der Waals surface area (Å²) in [7, 11) is -3.58. The molecule has 1 aliphatic carbocycles. The van der Waals surface area contributed by atoms with Crippen molar-refractivity contribution in [1.82, 2.24) is 19.1 Å². The first kappa shape index (κ1) is 21.3. The highest BCUT2D eigenvalue weighted by atomic mass is 32.2. The first-order valence-electron chi connectivity index (χ1n) is 10.2. The van der Waals surface area contributed by atoms with Gasteiger partial charge < -0.3 is 4.74 Å². The van der Waals surface area contributed by atoms with E-state index in [0.29, 0.717) is 50.3 Å². The zero-order valence-electron chi connectivity index (χ0n) is 16.7. The van der Waals surface area contributed by atoms with Crippen molar-refractivity contribution in [3.05, 3.63) is 24.3 Å². The van der Waals surface area contributed by atoms with E-state index >= 15 is 0 Å². The molecule has 1 saturated carbocycles. The number of nitrogens with zero attached hydrogens (tertiary/aromatic N) is 5. The molecule has 8 nitrogen and oxygen atoms in total. The van der Waals surface area contributed by atoms with Crippen LogP contribution in [0.5, 0.6) is 0 Å². The largest absolute Gasteiger partial charge is 0.379 e. The molecule has 0 N–H and O–H groups in total. The van der Waals surface area contributed by atoms with Gasteiger partial charge >= 0.3 is 0 Å². The lowest BCUT2D eigenvalue weighted by molar-refractivity contribution is 0.0730. The fraction of sp³-hybridized carbons (Fsp3) is 0.550. The molecule has 0 atom stereocenters. The number of nitriles is 1. The van der Waals surface area contributed by atoms with Gasteiger partial charge in [-0.3, -0.25) is 4.57 Å². The van der Waals surface area contributed by atoms with Crippen LogP contribution in [0.1, 0.15) is 38.1 Å². The molecule has 0 amide bonds. The van der Waals surface area contributed by atoms with Gasteiger partial charge in [0.1, 0.15) is 0 Å². The smallest absolute Gasteiger partial charge is 0.243 e. The summed E-state index contributed by atoms with van der Waals surface area (Å²) >= 11 is 1.53. The van der Waals surface area contributed by atoms with Crippen molar-refractivity contribution in [3.63, 3.8) is 0 Å². The fourth-order valence-corrected chi connectivity index (χ4v) is 6.29. The molecule has 0 unspecified atom stereocenters. The number of sulfonamides is 1. The van der Waals surface area contributed by atoms with Crippen LogP contribution >= 0.6 is 11.8 Å². The maximum atomic E-state index is 13.1. The van der Waals surface area contributed by atoms with Crippen molar-refractivity contribution >= 4 is 21.8 Å². The Morgan fingerprint density at radius 1 is 1.20 bits per heavy atom. The first-order chi connectivity index (χ1) is 14.6. The molecule has 2 heterocycles. The van der Waals surface area contributed by atoms with Gasteiger partial charge in [0.2, 0.25) is 10.0 Å². The number of hydrogen-bond acceptors (Lipinski definition) is 7. The van der Waals surface area contributed by atoms with Gasteiger partial charge in [-0.05, 0) is 25.0 Å². The summed E-state index contributed by atoms with van der Waals surface area (Å²) in [5, 5.41) is 18.5. The lowest BCUT2D eigenvalue weighted by Gasteiger charge is -2.26. The molecular formula is C20H25N5O3S2. The van der Waals surface area contributed by atoms with Gasteiger partial charge in [0, 0.05) is 36.9 Å². The number of thioether (sulfide) groups is 1. The predicted molar refractivity (Wildman–Crippen MR) is 113 cm³/mol. The summed E-state index contributed by atoms with van der Waals surface area (Å²) in [6, 6.07) is 9.45. The van der Waals surface area contributed by atoms with E-state index in [4.69, 9.17) is 10.00 Å². The van der Waals surface area contributed by atoms with Crippen molar-refractivity contribution in [2.45, 2.75) is 48.2 Å². The van der Waals surface area contributed by atoms with E-state index in [0.717, 1.165) is 36.4 Å². The summed E-state index contributed by atoms with van der Waals surface area (Å²) in [6.07, 6.45) is 4.89. The van der Waals surface area contributed by atoms with Gasteiger partial charge in [-0.1, -0.05) is 36.7 Å². The van der Waals surface area contributed by atoms with E-state index in [-0.39, 0.29) is 4.90 Å². The zero-order chi connectivity index (χ0) is 21.0. The third-order valence-corrected chi connectivity index (χ3v) is 8.34. The molecule has 4 rings (SSSR count). The fourth-order valence-electron chi connectivity index (χ4n) is 3.98. The summed E-state index contributed by atoms with van der Waals surface area (Å²) in [5.41, 5.74) is 0.746. The highest BCUT2D eigenvalue weighted by Crippen LogP contribution is 2.37. The molecule has 1 aromatic heterocycles. The highest BCUT2D eigenvalue weighted by Gasteiger charge is 2.28. The van der Waals surface area contributed by atoms with Crippen LogP contribution in [-0.4, -0.2) is 59.5 Å². The molecule has 0 bridgehead atoms. The predicted octanol–water partition coefficient (Wildman–Crippen LogP) is 3.09. The van der Waals surface area contributed by atoms with E-state index < -0.39 is 10.0 Å². The van der Waals surface area contributed by atoms with Crippen LogP contribution in [0.3, 0.4) is 0 Å². The molecule has 10 heteroatoms. The minimum atomic E-state index is -3.58. The molecular weight excluding hydrogens is 422 g/mol. The van der Waals surface area contributed by atoms with Crippen LogP contribution in [0.25, 0.3) is 11.4 Å². The van der Waals surface area contributed by atoms with Gasteiger partial charge in [-0.25, -0.2) is 8.42 Å². The van der Waals surface area contributed by atoms with Crippen molar-refractivity contribution in [1.29, 1.82) is 5.26 Å². The Hall–Kier alpha value is -1.93. The summed E-state index contributed by atoms with van der Waals surface area (Å²) in [5.74, 6) is 1.35. The number of ether oxygens (including phenoxy) is 1. The summed E-state index contributed by atoms with van der Waals surface area (Å²) in [4.78, 5) is 0.265. The molecule has 1 saturated heterocycles. The maximum absolute atomic E-state index is 13.1.